The molecular weight excluding hydrogens is 264 g/mol. The van der Waals surface area contributed by atoms with Crippen LogP contribution in [0.25, 0.3) is 0 Å². The maximum absolute atomic E-state index is 12.1. The molecule has 0 aliphatic carbocycles. The third-order valence-electron chi connectivity index (χ3n) is 2.96. The van der Waals surface area contributed by atoms with E-state index in [2.05, 4.69) is 15.5 Å². The predicted octanol–water partition coefficient (Wildman–Crippen LogP) is 1.11. The lowest BCUT2D eigenvalue weighted by Crippen LogP contribution is -2.15. The first kappa shape index (κ1) is 13.7. The topological polar surface area (TPSA) is 108 Å². The number of anilines is 1. The average Bonchev–Trinajstić information content (AvgIpc) is 2.97. The van der Waals surface area contributed by atoms with Crippen molar-refractivity contribution in [1.82, 2.24) is 19.6 Å². The van der Waals surface area contributed by atoms with E-state index in [1.54, 1.807) is 25.6 Å². The van der Waals surface area contributed by atoms with Gasteiger partial charge < -0.3 is 5.32 Å². The molecule has 0 aliphatic rings. The minimum atomic E-state index is -0.625. The highest BCUT2D eigenvalue weighted by Gasteiger charge is 2.26. The Hall–Kier alpha value is -2.71. The van der Waals surface area contributed by atoms with Gasteiger partial charge in [-0.1, -0.05) is 0 Å². The summed E-state index contributed by atoms with van der Waals surface area (Å²) in [6.07, 6.45) is 2.72. The Balaban J connectivity index is 2.31. The molecule has 2 aromatic rings. The van der Waals surface area contributed by atoms with E-state index >= 15 is 0 Å². The fourth-order valence-corrected chi connectivity index (χ4v) is 1.67. The molecule has 0 spiro atoms. The molecule has 9 heteroatoms. The van der Waals surface area contributed by atoms with Gasteiger partial charge in [-0.3, -0.25) is 24.3 Å². The van der Waals surface area contributed by atoms with Crippen LogP contribution >= 0.6 is 0 Å². The summed E-state index contributed by atoms with van der Waals surface area (Å²) in [5.74, 6) is -0.625. The number of hydrogen-bond donors (Lipinski definition) is 1. The first-order chi connectivity index (χ1) is 9.43. The zero-order valence-corrected chi connectivity index (χ0v) is 11.3. The standard InChI is InChI=1S/C11H14N6O3/c1-4-16-6-9(17(19)20)10(14-16)11(18)13-8-5-12-15(3)7(8)2/h5-6H,4H2,1-3H3,(H,13,18). The Bertz CT molecular complexity index is 672. The minimum Gasteiger partial charge on any atom is -0.317 e. The van der Waals surface area contributed by atoms with Gasteiger partial charge in [0.1, 0.15) is 6.20 Å². The number of nitrogens with one attached hydrogen (secondary N) is 1. The zero-order chi connectivity index (χ0) is 14.9. The van der Waals surface area contributed by atoms with E-state index < -0.39 is 10.8 Å². The van der Waals surface area contributed by atoms with Crippen molar-refractivity contribution in [2.24, 2.45) is 7.05 Å². The molecule has 0 bridgehead atoms. The van der Waals surface area contributed by atoms with Crippen LogP contribution in [0.15, 0.2) is 12.4 Å². The summed E-state index contributed by atoms with van der Waals surface area (Å²) in [5.41, 5.74) is 0.722. The molecule has 20 heavy (non-hydrogen) atoms. The van der Waals surface area contributed by atoms with Gasteiger partial charge >= 0.3 is 5.69 Å². The van der Waals surface area contributed by atoms with E-state index in [0.717, 1.165) is 5.69 Å². The van der Waals surface area contributed by atoms with Crippen molar-refractivity contribution < 1.29 is 9.72 Å². The van der Waals surface area contributed by atoms with Crippen molar-refractivity contribution in [1.29, 1.82) is 0 Å². The second-order valence-corrected chi connectivity index (χ2v) is 4.20. The largest absolute Gasteiger partial charge is 0.320 e. The van der Waals surface area contributed by atoms with Crippen LogP contribution in [0.4, 0.5) is 11.4 Å². The van der Waals surface area contributed by atoms with Gasteiger partial charge in [0.15, 0.2) is 0 Å². The summed E-state index contributed by atoms with van der Waals surface area (Å²) < 4.78 is 2.94. The van der Waals surface area contributed by atoms with Crippen LogP contribution in [-0.4, -0.2) is 30.4 Å². The van der Waals surface area contributed by atoms with Gasteiger partial charge in [0.2, 0.25) is 5.69 Å². The molecule has 1 N–H and O–H groups in total. The number of carbonyl (C=O) groups is 1. The summed E-state index contributed by atoms with van der Waals surface area (Å²) >= 11 is 0. The van der Waals surface area contributed by atoms with Gasteiger partial charge in [0.25, 0.3) is 5.91 Å². The highest BCUT2D eigenvalue weighted by atomic mass is 16.6. The van der Waals surface area contributed by atoms with Crippen molar-refractivity contribution in [3.8, 4) is 0 Å². The summed E-state index contributed by atoms with van der Waals surface area (Å²) in [5, 5.41) is 21.4. The van der Waals surface area contributed by atoms with E-state index in [1.165, 1.54) is 17.1 Å². The predicted molar refractivity (Wildman–Crippen MR) is 70.5 cm³/mol. The quantitative estimate of drug-likeness (QED) is 0.665. The molecule has 0 fully saturated rings. The summed E-state index contributed by atoms with van der Waals surface area (Å²) in [4.78, 5) is 22.4. The van der Waals surface area contributed by atoms with E-state index in [-0.39, 0.29) is 11.4 Å². The summed E-state index contributed by atoms with van der Waals surface area (Å²) in [7, 11) is 1.74. The number of aromatic nitrogens is 4. The molecule has 2 heterocycles. The van der Waals surface area contributed by atoms with Crippen LogP contribution in [0.3, 0.4) is 0 Å². The first-order valence-electron chi connectivity index (χ1n) is 5.95. The van der Waals surface area contributed by atoms with Crippen LogP contribution in [-0.2, 0) is 13.6 Å². The minimum absolute atomic E-state index is 0.208. The van der Waals surface area contributed by atoms with Crippen molar-refractivity contribution in [3.05, 3.63) is 33.9 Å². The molecule has 0 aliphatic heterocycles. The number of carbonyl (C=O) groups excluding carboxylic acids is 1. The Morgan fingerprint density at radius 2 is 2.25 bits per heavy atom. The highest BCUT2D eigenvalue weighted by molar-refractivity contribution is 6.05. The Morgan fingerprint density at radius 3 is 2.75 bits per heavy atom. The third-order valence-corrected chi connectivity index (χ3v) is 2.96. The molecular formula is C11H14N6O3. The molecule has 2 rings (SSSR count). The molecule has 0 atom stereocenters. The molecule has 0 unspecified atom stereocenters. The second kappa shape index (κ2) is 5.11. The molecule has 1 amide bonds. The Morgan fingerprint density at radius 1 is 1.55 bits per heavy atom. The molecule has 0 saturated carbocycles. The van der Waals surface area contributed by atoms with Gasteiger partial charge in [-0.15, -0.1) is 0 Å². The molecule has 0 aromatic carbocycles. The number of hydrogen-bond acceptors (Lipinski definition) is 5. The van der Waals surface area contributed by atoms with E-state index in [1.807, 2.05) is 0 Å². The maximum atomic E-state index is 12.1. The van der Waals surface area contributed by atoms with Crippen LogP contribution < -0.4 is 5.32 Å². The number of nitrogens with zero attached hydrogens (tertiary/aromatic N) is 5. The van der Waals surface area contributed by atoms with Crippen molar-refractivity contribution in [2.45, 2.75) is 20.4 Å². The normalized spacial score (nSPS) is 10.6. The number of rotatable bonds is 4. The Kier molecular flexibility index (Phi) is 3.51. The number of aryl methyl sites for hydroxylation is 2. The van der Waals surface area contributed by atoms with Gasteiger partial charge in [-0.05, 0) is 13.8 Å². The van der Waals surface area contributed by atoms with Crippen LogP contribution in [0, 0.1) is 17.0 Å². The SMILES string of the molecule is CCn1cc([N+](=O)[O-])c(C(=O)Nc2cnn(C)c2C)n1. The molecule has 106 valence electrons. The second-order valence-electron chi connectivity index (χ2n) is 4.20. The van der Waals surface area contributed by atoms with E-state index in [0.29, 0.717) is 12.2 Å². The molecule has 0 saturated heterocycles. The summed E-state index contributed by atoms with van der Waals surface area (Å²) in [6, 6.07) is 0. The maximum Gasteiger partial charge on any atom is 0.320 e. The molecule has 9 nitrogen and oxygen atoms in total. The van der Waals surface area contributed by atoms with Gasteiger partial charge in [-0.2, -0.15) is 10.2 Å². The third kappa shape index (κ3) is 2.37. The van der Waals surface area contributed by atoms with Crippen LogP contribution in [0.1, 0.15) is 23.1 Å². The fourth-order valence-electron chi connectivity index (χ4n) is 1.67. The number of nitro groups is 1. The summed E-state index contributed by atoms with van der Waals surface area (Å²) in [6.45, 7) is 4.01. The van der Waals surface area contributed by atoms with Gasteiger partial charge in [0, 0.05) is 13.6 Å². The first-order valence-corrected chi connectivity index (χ1v) is 5.95. The van der Waals surface area contributed by atoms with Crippen molar-refractivity contribution >= 4 is 17.3 Å². The van der Waals surface area contributed by atoms with Gasteiger partial charge in [0.05, 0.1) is 22.5 Å². The Labute approximate surface area is 114 Å². The smallest absolute Gasteiger partial charge is 0.317 e. The zero-order valence-electron chi connectivity index (χ0n) is 11.3. The monoisotopic (exact) mass is 278 g/mol. The number of amides is 1. The molecule has 2 aromatic heterocycles. The highest BCUT2D eigenvalue weighted by Crippen LogP contribution is 2.19. The van der Waals surface area contributed by atoms with Crippen molar-refractivity contribution in [3.63, 3.8) is 0 Å². The van der Waals surface area contributed by atoms with E-state index in [9.17, 15) is 14.9 Å². The lowest BCUT2D eigenvalue weighted by Gasteiger charge is -2.02. The molecule has 0 radical (unpaired) electrons. The van der Waals surface area contributed by atoms with Gasteiger partial charge in [-0.25, -0.2) is 0 Å². The average molecular weight is 278 g/mol. The van der Waals surface area contributed by atoms with Crippen molar-refractivity contribution in [2.75, 3.05) is 5.32 Å². The van der Waals surface area contributed by atoms with Crippen LogP contribution in [0.2, 0.25) is 0 Å². The fraction of sp³-hybridized carbons (Fsp3) is 0.364. The van der Waals surface area contributed by atoms with Crippen LogP contribution in [0.5, 0.6) is 0 Å². The lowest BCUT2D eigenvalue weighted by atomic mass is 10.3. The van der Waals surface area contributed by atoms with E-state index in [4.69, 9.17) is 0 Å². The lowest BCUT2D eigenvalue weighted by molar-refractivity contribution is -0.385.